The van der Waals surface area contributed by atoms with Crippen LogP contribution in [0.25, 0.3) is 0 Å². The Hall–Kier alpha value is -4.50. The van der Waals surface area contributed by atoms with E-state index >= 15 is 0 Å². The fourth-order valence-electron chi connectivity index (χ4n) is 5.70. The highest BCUT2D eigenvalue weighted by Crippen LogP contribution is 2.29. The predicted octanol–water partition coefficient (Wildman–Crippen LogP) is 7.47. The fourth-order valence-corrected chi connectivity index (χ4v) is 7.17. The van der Waals surface area contributed by atoms with Crippen molar-refractivity contribution in [1.29, 1.82) is 0 Å². The molecule has 0 radical (unpaired) electrons. The molecule has 0 aliphatic heterocycles. The normalized spacial score (nSPS) is 12.2. The average molecular weight is 740 g/mol. The van der Waals surface area contributed by atoms with Crippen LogP contribution in [0.15, 0.2) is 108 Å². The van der Waals surface area contributed by atoms with E-state index in [2.05, 4.69) is 38.9 Å². The van der Waals surface area contributed by atoms with Gasteiger partial charge < -0.3 is 19.9 Å². The summed E-state index contributed by atoms with van der Waals surface area (Å²) in [5, 5.41) is 14.0. The van der Waals surface area contributed by atoms with Crippen molar-refractivity contribution in [2.45, 2.75) is 82.6 Å². The molecule has 0 saturated carbocycles. The van der Waals surface area contributed by atoms with Gasteiger partial charge in [-0.2, -0.15) is 0 Å². The van der Waals surface area contributed by atoms with E-state index in [0.717, 1.165) is 37.8 Å². The third-order valence-corrected chi connectivity index (χ3v) is 9.98. The van der Waals surface area contributed by atoms with Gasteiger partial charge in [-0.05, 0) is 87.2 Å². The number of carbonyl (C=O) groups is 1. The number of aliphatic hydroxyl groups is 1. The van der Waals surface area contributed by atoms with E-state index in [4.69, 9.17) is 9.47 Å². The Morgan fingerprint density at radius 2 is 1.57 bits per heavy atom. The largest absolute Gasteiger partial charge is 0.487 e. The number of rotatable bonds is 21. The van der Waals surface area contributed by atoms with Gasteiger partial charge in [-0.15, -0.1) is 0 Å². The minimum atomic E-state index is -3.61. The Morgan fingerprint density at radius 1 is 0.849 bits per heavy atom. The number of hydrogen-bond acceptors (Lipinski definition) is 7. The quantitative estimate of drug-likeness (QED) is 0.0462. The smallest absolute Gasteiger partial charge is 0.241 e. The van der Waals surface area contributed by atoms with Gasteiger partial charge in [0.15, 0.2) is 0 Å². The van der Waals surface area contributed by atoms with Gasteiger partial charge in [0, 0.05) is 37.2 Å². The molecule has 4 aromatic carbocycles. The lowest BCUT2D eigenvalue weighted by atomic mass is 10.1. The van der Waals surface area contributed by atoms with E-state index in [1.165, 1.54) is 5.56 Å². The molecule has 0 aliphatic rings. The van der Waals surface area contributed by atoms with Crippen LogP contribution in [0.2, 0.25) is 0 Å². The number of nitrogens with one attached hydrogen (secondary N) is 2. The van der Waals surface area contributed by atoms with E-state index in [-0.39, 0.29) is 4.90 Å². The lowest BCUT2D eigenvalue weighted by molar-refractivity contribution is -0.105. The summed E-state index contributed by atoms with van der Waals surface area (Å²) in [5.41, 5.74) is 3.50. The number of amides is 1. The third-order valence-electron chi connectivity index (χ3n) is 8.22. The molecule has 53 heavy (non-hydrogen) atoms. The van der Waals surface area contributed by atoms with Crippen LogP contribution in [-0.2, 0) is 32.7 Å². The molecule has 0 bridgehead atoms. The number of aliphatic hydroxyl groups excluding tert-OH is 1. The average Bonchev–Trinajstić information content (AvgIpc) is 3.13. The number of carbonyl (C=O) groups excluding carboxylic acids is 1. The van der Waals surface area contributed by atoms with E-state index in [1.807, 2.05) is 75.4 Å². The molecule has 0 aliphatic carbocycles. The summed E-state index contributed by atoms with van der Waals surface area (Å²) in [5.74, 6) is 6.67. The highest BCUT2D eigenvalue weighted by molar-refractivity contribution is 7.89. The van der Waals surface area contributed by atoms with Crippen molar-refractivity contribution in [2.75, 3.05) is 31.6 Å². The summed E-state index contributed by atoms with van der Waals surface area (Å²) in [6, 6.07) is 32.2. The topological polar surface area (TPSA) is 117 Å². The standard InChI is InChI=1S/C43H53N3O6S/c1-43(2,3)45-53(49,50)39-23-16-22-35(29-39)17-12-15-28-51-27-14-5-4-13-26-46(31-36-18-8-6-9-19-36)32-41(48)38-24-25-42(40(30-38)44-34-47)52-33-37-20-10-7-11-21-37/h6-11,16,18-25,29-30,34,41,45,48H,4-5,13-15,26-28,31-33H2,1-3H3,(H,44,47)/t41-/m0/s1. The molecule has 9 nitrogen and oxygen atoms in total. The molecule has 10 heteroatoms. The molecule has 0 unspecified atom stereocenters. The predicted molar refractivity (Wildman–Crippen MR) is 211 cm³/mol. The van der Waals surface area contributed by atoms with Crippen LogP contribution in [-0.4, -0.2) is 56.7 Å². The zero-order chi connectivity index (χ0) is 37.9. The molecule has 1 atom stereocenters. The molecule has 0 fully saturated rings. The van der Waals surface area contributed by atoms with Crippen LogP contribution in [0.3, 0.4) is 0 Å². The van der Waals surface area contributed by atoms with Crippen molar-refractivity contribution in [2.24, 2.45) is 0 Å². The van der Waals surface area contributed by atoms with Gasteiger partial charge in [0.05, 0.1) is 23.3 Å². The molecule has 0 spiro atoms. The monoisotopic (exact) mass is 739 g/mol. The Morgan fingerprint density at radius 3 is 2.28 bits per heavy atom. The van der Waals surface area contributed by atoms with Gasteiger partial charge >= 0.3 is 0 Å². The van der Waals surface area contributed by atoms with E-state index < -0.39 is 21.7 Å². The first-order valence-corrected chi connectivity index (χ1v) is 19.7. The van der Waals surface area contributed by atoms with Gasteiger partial charge in [-0.3, -0.25) is 9.69 Å². The van der Waals surface area contributed by atoms with Crippen LogP contribution in [0, 0.1) is 11.8 Å². The van der Waals surface area contributed by atoms with Gasteiger partial charge in [0.25, 0.3) is 0 Å². The minimum absolute atomic E-state index is 0.201. The Balaban J connectivity index is 1.20. The minimum Gasteiger partial charge on any atom is -0.487 e. The lowest BCUT2D eigenvalue weighted by Gasteiger charge is -2.26. The van der Waals surface area contributed by atoms with Crippen molar-refractivity contribution in [3.8, 4) is 17.6 Å². The SMILES string of the molecule is CC(C)(C)NS(=O)(=O)c1cccc(C#CCCOCCCCCCN(Cc2ccccc2)C[C@H](O)c2ccc(OCc3ccccc3)c(NC=O)c2)c1. The maximum absolute atomic E-state index is 12.6. The molecular formula is C43H53N3O6S. The van der Waals surface area contributed by atoms with Gasteiger partial charge in [0.1, 0.15) is 12.4 Å². The van der Waals surface area contributed by atoms with Crippen molar-refractivity contribution >= 4 is 22.1 Å². The second-order valence-corrected chi connectivity index (χ2v) is 15.7. The zero-order valence-corrected chi connectivity index (χ0v) is 31.9. The van der Waals surface area contributed by atoms with Crippen molar-refractivity contribution < 1.29 is 27.8 Å². The number of nitrogens with zero attached hydrogens (tertiary/aromatic N) is 1. The summed E-state index contributed by atoms with van der Waals surface area (Å²) in [6.45, 7) is 8.95. The fraction of sp³-hybridized carbons (Fsp3) is 0.372. The number of ether oxygens (including phenoxy) is 2. The summed E-state index contributed by atoms with van der Waals surface area (Å²) in [4.78, 5) is 13.9. The van der Waals surface area contributed by atoms with Crippen LogP contribution >= 0.6 is 0 Å². The molecule has 0 heterocycles. The van der Waals surface area contributed by atoms with E-state index in [9.17, 15) is 18.3 Å². The molecular weight excluding hydrogens is 687 g/mol. The van der Waals surface area contributed by atoms with Gasteiger partial charge in [-0.1, -0.05) is 97.5 Å². The molecule has 282 valence electrons. The summed E-state index contributed by atoms with van der Waals surface area (Å²) >= 11 is 0. The Bertz CT molecular complexity index is 1870. The van der Waals surface area contributed by atoms with Crippen LogP contribution in [0.4, 0.5) is 5.69 Å². The van der Waals surface area contributed by atoms with Crippen LogP contribution < -0.4 is 14.8 Å². The van der Waals surface area contributed by atoms with E-state index in [0.29, 0.717) is 68.3 Å². The molecule has 0 aromatic heterocycles. The molecule has 1 amide bonds. The second kappa shape index (κ2) is 21.3. The number of anilines is 1. The maximum atomic E-state index is 12.6. The highest BCUT2D eigenvalue weighted by Gasteiger charge is 2.22. The second-order valence-electron chi connectivity index (χ2n) is 14.0. The summed E-state index contributed by atoms with van der Waals surface area (Å²) < 4.78 is 39.7. The first-order chi connectivity index (χ1) is 25.5. The van der Waals surface area contributed by atoms with Crippen molar-refractivity contribution in [3.63, 3.8) is 0 Å². The lowest BCUT2D eigenvalue weighted by Crippen LogP contribution is -2.40. The van der Waals surface area contributed by atoms with Crippen molar-refractivity contribution in [1.82, 2.24) is 9.62 Å². The summed E-state index contributed by atoms with van der Waals surface area (Å²) in [7, 11) is -3.61. The van der Waals surface area contributed by atoms with Gasteiger partial charge in [-0.25, -0.2) is 13.1 Å². The molecule has 0 saturated heterocycles. The van der Waals surface area contributed by atoms with E-state index in [1.54, 1.807) is 36.4 Å². The number of benzene rings is 4. The van der Waals surface area contributed by atoms with Crippen LogP contribution in [0.1, 0.15) is 81.2 Å². The summed E-state index contributed by atoms with van der Waals surface area (Å²) in [6.07, 6.45) is 4.41. The Kier molecular flexibility index (Phi) is 16.6. The number of unbranched alkanes of at least 4 members (excludes halogenated alkanes) is 3. The highest BCUT2D eigenvalue weighted by atomic mass is 32.2. The number of sulfonamides is 1. The molecule has 4 rings (SSSR count). The van der Waals surface area contributed by atoms with Crippen LogP contribution in [0.5, 0.6) is 5.75 Å². The first kappa shape index (κ1) is 41.3. The first-order valence-electron chi connectivity index (χ1n) is 18.2. The molecule has 4 aromatic rings. The van der Waals surface area contributed by atoms with Crippen molar-refractivity contribution in [3.05, 3.63) is 125 Å². The Labute approximate surface area is 315 Å². The third kappa shape index (κ3) is 15.2. The van der Waals surface area contributed by atoms with Gasteiger partial charge in [0.2, 0.25) is 16.4 Å². The zero-order valence-electron chi connectivity index (χ0n) is 31.1. The molecule has 3 N–H and O–H groups in total. The number of hydrogen-bond donors (Lipinski definition) is 3. The maximum Gasteiger partial charge on any atom is 0.241 e.